The Bertz CT molecular complexity index is 917. The van der Waals surface area contributed by atoms with Crippen LogP contribution in [0.1, 0.15) is 23.6 Å². The number of β-lactam (4-membered cyclic amide) rings is 1. The first-order chi connectivity index (χ1) is 12.2. The van der Waals surface area contributed by atoms with E-state index in [1.54, 1.807) is 4.90 Å². The molecule has 1 fully saturated rings. The molecule has 2 heterocycles. The Hall–Kier alpha value is -3.08. The Morgan fingerprint density at radius 1 is 1.12 bits per heavy atom. The van der Waals surface area contributed by atoms with Crippen molar-refractivity contribution in [2.75, 3.05) is 6.54 Å². The number of para-hydroxylation sites is 1. The van der Waals surface area contributed by atoms with Crippen LogP contribution >= 0.6 is 0 Å². The van der Waals surface area contributed by atoms with Crippen molar-refractivity contribution >= 4 is 22.7 Å². The molecule has 1 saturated heterocycles. The van der Waals surface area contributed by atoms with E-state index in [0.29, 0.717) is 19.5 Å². The van der Waals surface area contributed by atoms with E-state index in [9.17, 15) is 9.59 Å². The van der Waals surface area contributed by atoms with Gasteiger partial charge in [0.25, 0.3) is 0 Å². The molecular weight excluding hydrogens is 314 g/mol. The van der Waals surface area contributed by atoms with Crippen molar-refractivity contribution in [3.05, 3.63) is 71.9 Å². The van der Waals surface area contributed by atoms with Gasteiger partial charge in [0.2, 0.25) is 11.8 Å². The zero-order valence-electron chi connectivity index (χ0n) is 13.7. The monoisotopic (exact) mass is 333 g/mol. The number of rotatable bonds is 5. The van der Waals surface area contributed by atoms with Crippen LogP contribution in [0, 0.1) is 0 Å². The lowest BCUT2D eigenvalue weighted by Crippen LogP contribution is -2.50. The Kier molecular flexibility index (Phi) is 3.98. The van der Waals surface area contributed by atoms with Crippen molar-refractivity contribution in [1.29, 1.82) is 0 Å². The van der Waals surface area contributed by atoms with E-state index in [1.807, 2.05) is 60.8 Å². The van der Waals surface area contributed by atoms with E-state index in [2.05, 4.69) is 10.3 Å². The number of likely N-dealkylation sites (tertiary alicyclic amines) is 1. The van der Waals surface area contributed by atoms with Gasteiger partial charge in [-0.2, -0.15) is 0 Å². The maximum atomic E-state index is 12.8. The number of nitrogens with one attached hydrogen (secondary N) is 2. The predicted molar refractivity (Wildman–Crippen MR) is 95.7 cm³/mol. The number of benzene rings is 2. The molecular formula is C20H19N3O2. The molecule has 2 aromatic carbocycles. The molecule has 1 atom stereocenters. The SMILES string of the molecule is O=C(NCc1c[nH]c2ccccc12)C(c1ccccc1)N1CCC1=O. The molecule has 5 heteroatoms. The summed E-state index contributed by atoms with van der Waals surface area (Å²) in [4.78, 5) is 29.6. The molecule has 0 spiro atoms. The van der Waals surface area contributed by atoms with Crippen molar-refractivity contribution in [1.82, 2.24) is 15.2 Å². The van der Waals surface area contributed by atoms with Gasteiger partial charge in [0.05, 0.1) is 0 Å². The Labute approximate surface area is 145 Å². The standard InChI is InChI=1S/C20H19N3O2/c24-18-10-11-23(18)19(14-6-2-1-3-7-14)20(25)22-13-15-12-21-17-9-5-4-8-16(15)17/h1-9,12,19,21H,10-11,13H2,(H,22,25). The van der Waals surface area contributed by atoms with Crippen molar-refractivity contribution in [3.63, 3.8) is 0 Å². The average Bonchev–Trinajstić information content (AvgIpc) is 3.06. The van der Waals surface area contributed by atoms with Gasteiger partial charge in [-0.3, -0.25) is 9.59 Å². The normalized spacial score (nSPS) is 15.0. The zero-order chi connectivity index (χ0) is 17.2. The molecule has 4 rings (SSSR count). The van der Waals surface area contributed by atoms with Gasteiger partial charge in [-0.1, -0.05) is 48.5 Å². The number of aromatic nitrogens is 1. The number of amides is 2. The first-order valence-corrected chi connectivity index (χ1v) is 8.41. The number of hydrogen-bond acceptors (Lipinski definition) is 2. The molecule has 1 aliphatic rings. The van der Waals surface area contributed by atoms with Gasteiger partial charge in [-0.25, -0.2) is 0 Å². The summed E-state index contributed by atoms with van der Waals surface area (Å²) in [6.45, 7) is 1.05. The van der Waals surface area contributed by atoms with E-state index >= 15 is 0 Å². The van der Waals surface area contributed by atoms with E-state index in [0.717, 1.165) is 22.0 Å². The quantitative estimate of drug-likeness (QED) is 0.705. The zero-order valence-corrected chi connectivity index (χ0v) is 13.7. The summed E-state index contributed by atoms with van der Waals surface area (Å²) in [5, 5.41) is 4.09. The van der Waals surface area contributed by atoms with Crippen molar-refractivity contribution < 1.29 is 9.59 Å². The molecule has 3 aromatic rings. The van der Waals surface area contributed by atoms with Gasteiger partial charge in [-0.05, 0) is 17.2 Å². The summed E-state index contributed by atoms with van der Waals surface area (Å²) >= 11 is 0. The third-order valence-electron chi connectivity index (χ3n) is 4.69. The number of aromatic amines is 1. The average molecular weight is 333 g/mol. The number of nitrogens with zero attached hydrogens (tertiary/aromatic N) is 1. The highest BCUT2D eigenvalue weighted by atomic mass is 16.2. The first-order valence-electron chi connectivity index (χ1n) is 8.41. The molecule has 25 heavy (non-hydrogen) atoms. The minimum absolute atomic E-state index is 0.0242. The molecule has 126 valence electrons. The van der Waals surface area contributed by atoms with Gasteiger partial charge in [0, 0.05) is 36.6 Å². The van der Waals surface area contributed by atoms with Crippen LogP contribution < -0.4 is 5.32 Å². The molecule has 5 nitrogen and oxygen atoms in total. The van der Waals surface area contributed by atoms with E-state index in [1.165, 1.54) is 0 Å². The highest BCUT2D eigenvalue weighted by Crippen LogP contribution is 2.27. The smallest absolute Gasteiger partial charge is 0.247 e. The third-order valence-corrected chi connectivity index (χ3v) is 4.69. The van der Waals surface area contributed by atoms with E-state index in [4.69, 9.17) is 0 Å². The van der Waals surface area contributed by atoms with Crippen LogP contribution in [-0.4, -0.2) is 28.2 Å². The van der Waals surface area contributed by atoms with Crippen LogP contribution in [0.15, 0.2) is 60.8 Å². The highest BCUT2D eigenvalue weighted by molar-refractivity contribution is 5.91. The number of fused-ring (bicyclic) bond motifs is 1. The maximum absolute atomic E-state index is 12.8. The molecule has 0 aliphatic carbocycles. The van der Waals surface area contributed by atoms with Crippen molar-refractivity contribution in [3.8, 4) is 0 Å². The third kappa shape index (κ3) is 2.89. The minimum Gasteiger partial charge on any atom is -0.361 e. The van der Waals surface area contributed by atoms with Gasteiger partial charge in [-0.15, -0.1) is 0 Å². The lowest BCUT2D eigenvalue weighted by atomic mass is 10.00. The summed E-state index contributed by atoms with van der Waals surface area (Å²) in [5.74, 6) is -0.124. The van der Waals surface area contributed by atoms with Crippen LogP contribution in [0.25, 0.3) is 10.9 Å². The minimum atomic E-state index is -0.562. The molecule has 0 saturated carbocycles. The van der Waals surface area contributed by atoms with Crippen LogP contribution in [0.4, 0.5) is 0 Å². The summed E-state index contributed by atoms with van der Waals surface area (Å²) in [7, 11) is 0. The van der Waals surface area contributed by atoms with Gasteiger partial charge >= 0.3 is 0 Å². The van der Waals surface area contributed by atoms with Crippen LogP contribution in [0.2, 0.25) is 0 Å². The highest BCUT2D eigenvalue weighted by Gasteiger charge is 2.36. The second-order valence-electron chi connectivity index (χ2n) is 6.23. The lowest BCUT2D eigenvalue weighted by molar-refractivity contribution is -0.149. The summed E-state index contributed by atoms with van der Waals surface area (Å²) in [5.41, 5.74) is 2.92. The molecule has 0 bridgehead atoms. The Morgan fingerprint density at radius 3 is 2.60 bits per heavy atom. The lowest BCUT2D eigenvalue weighted by Gasteiger charge is -2.37. The number of hydrogen-bond donors (Lipinski definition) is 2. The number of H-pyrrole nitrogens is 1. The maximum Gasteiger partial charge on any atom is 0.247 e. The molecule has 1 unspecified atom stereocenters. The summed E-state index contributed by atoms with van der Waals surface area (Å²) in [6, 6.07) is 16.9. The summed E-state index contributed by atoms with van der Waals surface area (Å²) in [6.07, 6.45) is 2.43. The first kappa shape index (κ1) is 15.4. The predicted octanol–water partition coefficient (Wildman–Crippen LogP) is 2.76. The van der Waals surface area contributed by atoms with Gasteiger partial charge < -0.3 is 15.2 Å². The van der Waals surface area contributed by atoms with Crippen LogP contribution in [0.5, 0.6) is 0 Å². The molecule has 1 aromatic heterocycles. The Morgan fingerprint density at radius 2 is 1.88 bits per heavy atom. The summed E-state index contributed by atoms with van der Waals surface area (Å²) < 4.78 is 0. The fraction of sp³-hybridized carbons (Fsp3) is 0.200. The van der Waals surface area contributed by atoms with E-state index in [-0.39, 0.29) is 11.8 Å². The van der Waals surface area contributed by atoms with Crippen molar-refractivity contribution in [2.24, 2.45) is 0 Å². The molecule has 2 amide bonds. The molecule has 2 N–H and O–H groups in total. The number of carbonyl (C=O) groups excluding carboxylic acids is 2. The second kappa shape index (κ2) is 6.43. The topological polar surface area (TPSA) is 65.2 Å². The van der Waals surface area contributed by atoms with Crippen LogP contribution in [-0.2, 0) is 16.1 Å². The fourth-order valence-corrected chi connectivity index (χ4v) is 3.27. The Balaban J connectivity index is 1.54. The molecule has 0 radical (unpaired) electrons. The van der Waals surface area contributed by atoms with Crippen molar-refractivity contribution in [2.45, 2.75) is 19.0 Å². The second-order valence-corrected chi connectivity index (χ2v) is 6.23. The largest absolute Gasteiger partial charge is 0.361 e. The fourth-order valence-electron chi connectivity index (χ4n) is 3.27. The van der Waals surface area contributed by atoms with E-state index < -0.39 is 6.04 Å². The number of carbonyl (C=O) groups is 2. The van der Waals surface area contributed by atoms with Crippen LogP contribution in [0.3, 0.4) is 0 Å². The van der Waals surface area contributed by atoms with Gasteiger partial charge in [0.1, 0.15) is 6.04 Å². The van der Waals surface area contributed by atoms with Gasteiger partial charge in [0.15, 0.2) is 0 Å². The molecule has 1 aliphatic heterocycles.